The van der Waals surface area contributed by atoms with Crippen LogP contribution >= 0.6 is 0 Å². The summed E-state index contributed by atoms with van der Waals surface area (Å²) in [6.07, 6.45) is 5.04. The van der Waals surface area contributed by atoms with Crippen molar-refractivity contribution in [1.82, 2.24) is 4.73 Å². The van der Waals surface area contributed by atoms with E-state index in [1.807, 2.05) is 13.0 Å². The summed E-state index contributed by atoms with van der Waals surface area (Å²) in [6, 6.07) is 5.09. The molecule has 0 aromatic carbocycles. The van der Waals surface area contributed by atoms with Crippen molar-refractivity contribution in [2.75, 3.05) is 7.05 Å². The van der Waals surface area contributed by atoms with Crippen LogP contribution in [0.25, 0.3) is 0 Å². The Bertz CT molecular complexity index is 676. The van der Waals surface area contributed by atoms with Crippen molar-refractivity contribution < 1.29 is 5.21 Å². The van der Waals surface area contributed by atoms with E-state index in [0.29, 0.717) is 16.9 Å². The molecule has 2 rings (SSSR count). The average molecular weight is 257 g/mol. The number of nitrogens with zero attached hydrogens (tertiary/aromatic N) is 4. The SMILES string of the molecule is CN=C1C=C(N)C(=NN=c2ccccn2O)C=C1C. The van der Waals surface area contributed by atoms with E-state index in [1.165, 1.54) is 6.20 Å². The van der Waals surface area contributed by atoms with Crippen LogP contribution in [0.5, 0.6) is 0 Å². The molecule has 3 N–H and O–H groups in total. The third-order valence-electron chi connectivity index (χ3n) is 2.66. The highest BCUT2D eigenvalue weighted by Gasteiger charge is 2.11. The third kappa shape index (κ3) is 2.79. The van der Waals surface area contributed by atoms with Crippen molar-refractivity contribution >= 4 is 11.4 Å². The summed E-state index contributed by atoms with van der Waals surface area (Å²) in [5.41, 5.74) is 9.05. The van der Waals surface area contributed by atoms with Crippen molar-refractivity contribution in [3.8, 4) is 0 Å². The van der Waals surface area contributed by atoms with Crippen LogP contribution in [0.2, 0.25) is 0 Å². The van der Waals surface area contributed by atoms with Crippen molar-refractivity contribution in [1.29, 1.82) is 0 Å². The van der Waals surface area contributed by atoms with Gasteiger partial charge in [-0.1, -0.05) is 6.07 Å². The van der Waals surface area contributed by atoms with Gasteiger partial charge in [0.25, 0.3) is 0 Å². The zero-order valence-electron chi connectivity index (χ0n) is 10.8. The van der Waals surface area contributed by atoms with E-state index < -0.39 is 0 Å². The van der Waals surface area contributed by atoms with Gasteiger partial charge in [-0.05, 0) is 36.8 Å². The number of nitrogens with two attached hydrogens (primary N) is 1. The molecule has 0 radical (unpaired) electrons. The van der Waals surface area contributed by atoms with Crippen molar-refractivity contribution in [2.24, 2.45) is 20.9 Å². The molecule has 6 nitrogen and oxygen atoms in total. The molecule has 0 aliphatic heterocycles. The number of aliphatic imine (C=N–C) groups is 1. The van der Waals surface area contributed by atoms with Crippen LogP contribution in [0.3, 0.4) is 0 Å². The van der Waals surface area contributed by atoms with Crippen LogP contribution in [0.4, 0.5) is 0 Å². The van der Waals surface area contributed by atoms with Crippen molar-refractivity contribution in [2.45, 2.75) is 6.92 Å². The van der Waals surface area contributed by atoms with Crippen LogP contribution in [-0.4, -0.2) is 28.4 Å². The summed E-state index contributed by atoms with van der Waals surface area (Å²) in [7, 11) is 1.71. The highest BCUT2D eigenvalue weighted by molar-refractivity contribution is 6.23. The standard InChI is InChI=1S/C13H15N5O/c1-9-7-12(10(14)8-11(9)15-2)16-17-13-5-3-4-6-18(13)19/h3-8,19H,14H2,1-2H3. The maximum atomic E-state index is 9.51. The molecule has 19 heavy (non-hydrogen) atoms. The summed E-state index contributed by atoms with van der Waals surface area (Å²) >= 11 is 0. The zero-order chi connectivity index (χ0) is 13.8. The molecule has 98 valence electrons. The smallest absolute Gasteiger partial charge is 0.189 e. The minimum Gasteiger partial charge on any atom is -0.427 e. The third-order valence-corrected chi connectivity index (χ3v) is 2.66. The van der Waals surface area contributed by atoms with Gasteiger partial charge >= 0.3 is 0 Å². The van der Waals surface area contributed by atoms with E-state index in [9.17, 15) is 5.21 Å². The van der Waals surface area contributed by atoms with Gasteiger partial charge in [-0.15, -0.1) is 10.2 Å². The highest BCUT2D eigenvalue weighted by Crippen LogP contribution is 2.10. The Morgan fingerprint density at radius 3 is 2.63 bits per heavy atom. The molecule has 0 saturated heterocycles. The lowest BCUT2D eigenvalue weighted by Crippen LogP contribution is -2.19. The molecule has 1 heterocycles. The number of pyridine rings is 1. The molecule has 1 aromatic rings. The molecule has 0 amide bonds. The first-order valence-corrected chi connectivity index (χ1v) is 5.73. The van der Waals surface area contributed by atoms with E-state index in [1.54, 1.807) is 31.3 Å². The number of rotatable bonds is 1. The van der Waals surface area contributed by atoms with Gasteiger partial charge in [0.1, 0.15) is 5.71 Å². The molecule has 1 aliphatic carbocycles. The summed E-state index contributed by atoms with van der Waals surface area (Å²) in [4.78, 5) is 4.11. The summed E-state index contributed by atoms with van der Waals surface area (Å²) in [6.45, 7) is 1.93. The lowest BCUT2D eigenvalue weighted by Gasteiger charge is -2.10. The van der Waals surface area contributed by atoms with Gasteiger partial charge in [0.15, 0.2) is 5.49 Å². The summed E-state index contributed by atoms with van der Waals surface area (Å²) in [5.74, 6) is 0. The number of allylic oxidation sites excluding steroid dienone is 3. The minimum atomic E-state index is 0.323. The summed E-state index contributed by atoms with van der Waals surface area (Å²) < 4.78 is 0.891. The molecular formula is C13H15N5O. The fraction of sp³-hybridized carbons (Fsp3) is 0.154. The number of aromatic nitrogens is 1. The molecule has 1 aromatic heterocycles. The Morgan fingerprint density at radius 2 is 1.95 bits per heavy atom. The molecule has 0 saturated carbocycles. The molecule has 0 bridgehead atoms. The molecule has 0 spiro atoms. The van der Waals surface area contributed by atoms with E-state index in [0.717, 1.165) is 16.0 Å². The lowest BCUT2D eigenvalue weighted by atomic mass is 10.0. The van der Waals surface area contributed by atoms with Crippen molar-refractivity contribution in [3.05, 3.63) is 53.3 Å². The second-order valence-electron chi connectivity index (χ2n) is 4.02. The monoisotopic (exact) mass is 257 g/mol. The fourth-order valence-electron chi connectivity index (χ4n) is 1.63. The Labute approximate surface area is 110 Å². The van der Waals surface area contributed by atoms with Gasteiger partial charge in [-0.2, -0.15) is 4.73 Å². The normalized spacial score (nSPS) is 20.6. The van der Waals surface area contributed by atoms with Gasteiger partial charge in [-0.25, -0.2) is 0 Å². The van der Waals surface area contributed by atoms with Crippen LogP contribution in [0.1, 0.15) is 6.92 Å². The van der Waals surface area contributed by atoms with Crippen molar-refractivity contribution in [3.63, 3.8) is 0 Å². The molecule has 0 unspecified atom stereocenters. The first-order chi connectivity index (χ1) is 9.11. The zero-order valence-corrected chi connectivity index (χ0v) is 10.8. The van der Waals surface area contributed by atoms with E-state index in [-0.39, 0.29) is 0 Å². The van der Waals surface area contributed by atoms with Crippen LogP contribution in [-0.2, 0) is 0 Å². The Balaban J connectivity index is 2.42. The Kier molecular flexibility index (Phi) is 3.61. The largest absolute Gasteiger partial charge is 0.427 e. The molecule has 0 atom stereocenters. The topological polar surface area (TPSA) is 88.3 Å². The van der Waals surface area contributed by atoms with Gasteiger partial charge in [0, 0.05) is 13.2 Å². The van der Waals surface area contributed by atoms with E-state index in [2.05, 4.69) is 15.2 Å². The number of hydrogen-bond donors (Lipinski definition) is 2. The second kappa shape index (κ2) is 5.34. The highest BCUT2D eigenvalue weighted by atomic mass is 16.5. The maximum absolute atomic E-state index is 9.51. The van der Waals surface area contributed by atoms with Crippen LogP contribution in [0.15, 0.2) is 63.0 Å². The molecule has 6 heteroatoms. The average Bonchev–Trinajstić information content (AvgIpc) is 2.41. The number of hydrogen-bond acceptors (Lipinski definition) is 5. The van der Waals surface area contributed by atoms with Crippen LogP contribution in [0, 0.1) is 0 Å². The van der Waals surface area contributed by atoms with E-state index in [4.69, 9.17) is 5.73 Å². The predicted octanol–water partition coefficient (Wildman–Crippen LogP) is 0.855. The fourth-order valence-corrected chi connectivity index (χ4v) is 1.63. The molecular weight excluding hydrogens is 242 g/mol. The quantitative estimate of drug-likeness (QED) is 0.444. The molecule has 1 aliphatic rings. The maximum Gasteiger partial charge on any atom is 0.189 e. The Morgan fingerprint density at radius 1 is 1.16 bits per heavy atom. The van der Waals surface area contributed by atoms with Gasteiger partial charge in [0.05, 0.1) is 11.4 Å². The van der Waals surface area contributed by atoms with E-state index >= 15 is 0 Å². The second-order valence-corrected chi connectivity index (χ2v) is 4.02. The van der Waals surface area contributed by atoms with Gasteiger partial charge in [-0.3, -0.25) is 4.99 Å². The summed E-state index contributed by atoms with van der Waals surface area (Å²) in [5, 5.41) is 17.5. The van der Waals surface area contributed by atoms with Gasteiger partial charge in [0.2, 0.25) is 0 Å². The first-order valence-electron chi connectivity index (χ1n) is 5.73. The Hall–Kier alpha value is -2.63. The van der Waals surface area contributed by atoms with Gasteiger partial charge < -0.3 is 10.9 Å². The first kappa shape index (κ1) is 12.8. The lowest BCUT2D eigenvalue weighted by molar-refractivity contribution is 0.171. The predicted molar refractivity (Wildman–Crippen MR) is 74.0 cm³/mol. The molecule has 0 fully saturated rings. The van der Waals surface area contributed by atoms with Crippen LogP contribution < -0.4 is 11.2 Å². The minimum absolute atomic E-state index is 0.323.